The summed E-state index contributed by atoms with van der Waals surface area (Å²) in [5.74, 6) is -0.292. The predicted octanol–water partition coefficient (Wildman–Crippen LogP) is 1.44. The Kier molecular flexibility index (Phi) is 5.85. The molecule has 0 fully saturated rings. The maximum absolute atomic E-state index is 12.3. The van der Waals surface area contributed by atoms with Crippen LogP contribution < -0.4 is 21.1 Å². The number of nitrogens with two attached hydrogens (primary N) is 1. The second-order valence-electron chi connectivity index (χ2n) is 5.90. The predicted molar refractivity (Wildman–Crippen MR) is 104 cm³/mol. The topological polar surface area (TPSA) is 124 Å². The summed E-state index contributed by atoms with van der Waals surface area (Å²) in [6.45, 7) is 0.142. The maximum atomic E-state index is 12.3. The van der Waals surface area contributed by atoms with Crippen LogP contribution in [0.3, 0.4) is 0 Å². The number of para-hydroxylation sites is 2. The summed E-state index contributed by atoms with van der Waals surface area (Å²) >= 11 is 0. The van der Waals surface area contributed by atoms with Gasteiger partial charge in [0.15, 0.2) is 11.5 Å². The van der Waals surface area contributed by atoms with E-state index in [1.54, 1.807) is 24.3 Å². The average Bonchev–Trinajstić information content (AvgIpc) is 3.07. The van der Waals surface area contributed by atoms with Crippen molar-refractivity contribution in [2.24, 2.45) is 0 Å². The molecule has 28 heavy (non-hydrogen) atoms. The van der Waals surface area contributed by atoms with Crippen molar-refractivity contribution in [3.63, 3.8) is 0 Å². The van der Waals surface area contributed by atoms with Crippen molar-refractivity contribution in [1.29, 1.82) is 0 Å². The van der Waals surface area contributed by atoms with Crippen molar-refractivity contribution in [2.75, 3.05) is 18.2 Å². The van der Waals surface area contributed by atoms with Gasteiger partial charge in [-0.2, -0.15) is 0 Å². The highest BCUT2D eigenvalue weighted by molar-refractivity contribution is 5.97. The number of hydrogen-bond acceptors (Lipinski definition) is 6. The van der Waals surface area contributed by atoms with Crippen LogP contribution in [0.4, 0.5) is 11.5 Å². The molecule has 144 valence electrons. The van der Waals surface area contributed by atoms with Crippen molar-refractivity contribution in [3.8, 4) is 5.75 Å². The molecule has 0 aliphatic rings. The highest BCUT2D eigenvalue weighted by Crippen LogP contribution is 2.23. The highest BCUT2D eigenvalue weighted by atomic mass is 16.5. The van der Waals surface area contributed by atoms with E-state index in [0.717, 1.165) is 5.56 Å². The number of ether oxygens (including phenoxy) is 1. The van der Waals surface area contributed by atoms with Gasteiger partial charge in [-0.15, -0.1) is 5.10 Å². The second kappa shape index (κ2) is 8.67. The molecule has 0 saturated heterocycles. The van der Waals surface area contributed by atoms with Crippen molar-refractivity contribution in [3.05, 3.63) is 65.9 Å². The monoisotopic (exact) mass is 380 g/mol. The van der Waals surface area contributed by atoms with Gasteiger partial charge in [-0.05, 0) is 17.7 Å². The molecule has 0 bridgehead atoms. The Bertz CT molecular complexity index is 971. The van der Waals surface area contributed by atoms with Crippen molar-refractivity contribution in [1.82, 2.24) is 20.3 Å². The molecule has 1 aromatic heterocycles. The van der Waals surface area contributed by atoms with Crippen LogP contribution >= 0.6 is 0 Å². The van der Waals surface area contributed by atoms with E-state index in [9.17, 15) is 9.59 Å². The summed E-state index contributed by atoms with van der Waals surface area (Å²) in [5.41, 5.74) is 7.38. The highest BCUT2D eigenvalue weighted by Gasteiger charge is 2.19. The summed E-state index contributed by atoms with van der Waals surface area (Å²) in [6.07, 6.45) is 0. The molecule has 1 heterocycles. The molecule has 0 atom stereocenters. The van der Waals surface area contributed by atoms with Gasteiger partial charge >= 0.3 is 0 Å². The molecule has 9 heteroatoms. The minimum Gasteiger partial charge on any atom is -0.495 e. The van der Waals surface area contributed by atoms with Crippen LogP contribution in [0.1, 0.15) is 16.1 Å². The van der Waals surface area contributed by atoms with Crippen LogP contribution in [0.15, 0.2) is 54.6 Å². The van der Waals surface area contributed by atoms with Crippen molar-refractivity contribution >= 4 is 23.3 Å². The number of benzene rings is 2. The van der Waals surface area contributed by atoms with Crippen LogP contribution in [0.2, 0.25) is 0 Å². The number of amides is 2. The smallest absolute Gasteiger partial charge is 0.275 e. The molecule has 0 aliphatic carbocycles. The molecule has 0 spiro atoms. The number of anilines is 2. The number of hydrogen-bond donors (Lipinski definition) is 3. The first kappa shape index (κ1) is 18.9. The van der Waals surface area contributed by atoms with E-state index in [-0.39, 0.29) is 24.0 Å². The lowest BCUT2D eigenvalue weighted by molar-refractivity contribution is -0.116. The van der Waals surface area contributed by atoms with Gasteiger partial charge in [0.1, 0.15) is 12.3 Å². The number of nitrogens with zero attached hydrogens (tertiary/aromatic N) is 3. The first-order valence-electron chi connectivity index (χ1n) is 8.52. The van der Waals surface area contributed by atoms with Gasteiger partial charge in [-0.3, -0.25) is 9.59 Å². The lowest BCUT2D eigenvalue weighted by Crippen LogP contribution is -2.25. The van der Waals surface area contributed by atoms with E-state index in [4.69, 9.17) is 10.5 Å². The summed E-state index contributed by atoms with van der Waals surface area (Å²) in [7, 11) is 1.51. The van der Waals surface area contributed by atoms with E-state index >= 15 is 0 Å². The fourth-order valence-electron chi connectivity index (χ4n) is 2.53. The second-order valence-corrected chi connectivity index (χ2v) is 5.90. The fourth-order valence-corrected chi connectivity index (χ4v) is 2.53. The normalized spacial score (nSPS) is 10.3. The third-order valence-corrected chi connectivity index (χ3v) is 3.96. The minimum atomic E-state index is -0.460. The largest absolute Gasteiger partial charge is 0.495 e. The molecule has 3 aromatic rings. The van der Waals surface area contributed by atoms with Crippen LogP contribution in [0.5, 0.6) is 5.75 Å². The Balaban J connectivity index is 1.62. The molecule has 3 rings (SSSR count). The lowest BCUT2D eigenvalue weighted by atomic mass is 10.2. The third-order valence-electron chi connectivity index (χ3n) is 3.96. The Labute approximate surface area is 161 Å². The molecule has 0 saturated carbocycles. The third kappa shape index (κ3) is 4.44. The summed E-state index contributed by atoms with van der Waals surface area (Å²) in [4.78, 5) is 24.6. The zero-order valence-electron chi connectivity index (χ0n) is 15.3. The van der Waals surface area contributed by atoms with Gasteiger partial charge < -0.3 is 21.1 Å². The Hall–Kier alpha value is -3.88. The first-order valence-corrected chi connectivity index (χ1v) is 8.52. The van der Waals surface area contributed by atoms with Gasteiger partial charge in [0.2, 0.25) is 5.91 Å². The van der Waals surface area contributed by atoms with Gasteiger partial charge in [0.25, 0.3) is 5.91 Å². The fraction of sp³-hybridized carbons (Fsp3) is 0.158. The van der Waals surface area contributed by atoms with Gasteiger partial charge in [0.05, 0.1) is 12.8 Å². The molecule has 0 unspecified atom stereocenters. The van der Waals surface area contributed by atoms with Crippen LogP contribution in [-0.2, 0) is 17.9 Å². The zero-order valence-corrected chi connectivity index (χ0v) is 15.3. The van der Waals surface area contributed by atoms with Crippen molar-refractivity contribution in [2.45, 2.75) is 13.1 Å². The van der Waals surface area contributed by atoms with E-state index in [2.05, 4.69) is 20.9 Å². The molecule has 2 aromatic carbocycles. The molecule has 0 radical (unpaired) electrons. The van der Waals surface area contributed by atoms with E-state index < -0.39 is 5.91 Å². The number of carbonyl (C=O) groups is 2. The first-order chi connectivity index (χ1) is 13.6. The number of nitrogen functional groups attached to an aromatic ring is 1. The molecule has 0 aliphatic heterocycles. The van der Waals surface area contributed by atoms with Crippen LogP contribution in [0, 0.1) is 0 Å². The van der Waals surface area contributed by atoms with Gasteiger partial charge in [0, 0.05) is 6.54 Å². The Morgan fingerprint density at radius 1 is 1.11 bits per heavy atom. The standard InChI is InChI=1S/C19H20N6O3/c1-28-15-10-6-5-9-14(15)22-16(26)12-25-18(20)17(23-24-25)19(27)21-11-13-7-3-2-4-8-13/h2-10H,11-12,20H2,1H3,(H,21,27)(H,22,26). The lowest BCUT2D eigenvalue weighted by Gasteiger charge is -2.10. The Morgan fingerprint density at radius 2 is 1.82 bits per heavy atom. The number of methoxy groups -OCH3 is 1. The number of carbonyl (C=O) groups excluding carboxylic acids is 2. The van der Waals surface area contributed by atoms with Crippen LogP contribution in [0.25, 0.3) is 0 Å². The van der Waals surface area contributed by atoms with E-state index in [1.807, 2.05) is 30.3 Å². The number of rotatable bonds is 7. The molecule has 9 nitrogen and oxygen atoms in total. The molecule has 2 amide bonds. The maximum Gasteiger partial charge on any atom is 0.275 e. The average molecular weight is 380 g/mol. The van der Waals surface area contributed by atoms with E-state index in [1.165, 1.54) is 11.8 Å². The molecule has 4 N–H and O–H groups in total. The number of nitrogens with one attached hydrogen (secondary N) is 2. The summed E-state index contributed by atoms with van der Waals surface area (Å²) in [5, 5.41) is 13.0. The summed E-state index contributed by atoms with van der Waals surface area (Å²) < 4.78 is 6.36. The quantitative estimate of drug-likeness (QED) is 0.570. The minimum absolute atomic E-state index is 0.0146. The molecular weight excluding hydrogens is 360 g/mol. The van der Waals surface area contributed by atoms with Gasteiger partial charge in [-0.1, -0.05) is 47.7 Å². The van der Waals surface area contributed by atoms with Crippen molar-refractivity contribution < 1.29 is 14.3 Å². The van der Waals surface area contributed by atoms with Crippen LogP contribution in [-0.4, -0.2) is 33.9 Å². The summed E-state index contributed by atoms with van der Waals surface area (Å²) in [6, 6.07) is 16.5. The molecular formula is C19H20N6O3. The van der Waals surface area contributed by atoms with Gasteiger partial charge in [-0.25, -0.2) is 4.68 Å². The zero-order chi connectivity index (χ0) is 19.9. The number of aromatic nitrogens is 3. The SMILES string of the molecule is COc1ccccc1NC(=O)Cn1nnc(C(=O)NCc2ccccc2)c1N. The van der Waals surface area contributed by atoms with E-state index in [0.29, 0.717) is 18.0 Å². The Morgan fingerprint density at radius 3 is 2.57 bits per heavy atom.